The van der Waals surface area contributed by atoms with Gasteiger partial charge in [-0.3, -0.25) is 0 Å². The van der Waals surface area contributed by atoms with Crippen molar-refractivity contribution in [3.63, 3.8) is 0 Å². The van der Waals surface area contributed by atoms with Crippen molar-refractivity contribution in [1.29, 1.82) is 0 Å². The van der Waals surface area contributed by atoms with Crippen LogP contribution < -0.4 is 0 Å². The third kappa shape index (κ3) is 2.32. The van der Waals surface area contributed by atoms with Gasteiger partial charge in [-0.25, -0.2) is 0 Å². The number of hydrogen-bond acceptors (Lipinski definition) is 0. The van der Waals surface area contributed by atoms with E-state index >= 15 is 0 Å². The molecule has 0 aliphatic rings. The first-order valence-corrected chi connectivity index (χ1v) is 10.7. The van der Waals surface area contributed by atoms with Crippen molar-refractivity contribution in [3.8, 4) is 22.3 Å². The topological polar surface area (TPSA) is 4.41 Å². The highest BCUT2D eigenvalue weighted by molar-refractivity contribution is 6.23. The summed E-state index contributed by atoms with van der Waals surface area (Å²) >= 11 is 0. The fourth-order valence-electron chi connectivity index (χ4n) is 5.10. The van der Waals surface area contributed by atoms with Crippen molar-refractivity contribution < 1.29 is 0 Å². The minimum absolute atomic E-state index is 1.25. The number of fused-ring (bicyclic) bond motifs is 6. The molecule has 0 amide bonds. The SMILES string of the molecule is c1ccc(-c2ccc(-c3ccc4c(c3)c3cccc5c6ccccc6n4c53)cc2)cc1. The minimum Gasteiger partial charge on any atom is -0.308 e. The lowest BCUT2D eigenvalue weighted by atomic mass is 9.99. The number of rotatable bonds is 2. The van der Waals surface area contributed by atoms with Crippen molar-refractivity contribution in [1.82, 2.24) is 4.40 Å². The van der Waals surface area contributed by atoms with Crippen LogP contribution in [-0.2, 0) is 0 Å². The molecule has 1 heteroatoms. The first-order valence-electron chi connectivity index (χ1n) is 10.7. The summed E-state index contributed by atoms with van der Waals surface area (Å²) in [6.07, 6.45) is 0. The van der Waals surface area contributed by atoms with Gasteiger partial charge in [0.15, 0.2) is 0 Å². The van der Waals surface area contributed by atoms with E-state index in [1.807, 2.05) is 0 Å². The van der Waals surface area contributed by atoms with Crippen LogP contribution in [0.1, 0.15) is 0 Å². The van der Waals surface area contributed by atoms with Gasteiger partial charge in [-0.1, -0.05) is 97.1 Å². The first-order chi connectivity index (χ1) is 15.4. The fourth-order valence-corrected chi connectivity index (χ4v) is 5.10. The van der Waals surface area contributed by atoms with E-state index in [-0.39, 0.29) is 0 Å². The number of aromatic nitrogens is 1. The number of benzene rings is 5. The number of para-hydroxylation sites is 2. The lowest BCUT2D eigenvalue weighted by molar-refractivity contribution is 1.37. The maximum Gasteiger partial charge on any atom is 0.0620 e. The van der Waals surface area contributed by atoms with Gasteiger partial charge < -0.3 is 4.40 Å². The lowest BCUT2D eigenvalue weighted by Gasteiger charge is -2.06. The fraction of sp³-hybridized carbons (Fsp3) is 0. The summed E-state index contributed by atoms with van der Waals surface area (Å²) in [7, 11) is 0. The summed E-state index contributed by atoms with van der Waals surface area (Å²) in [5.41, 5.74) is 8.89. The second-order valence-electron chi connectivity index (χ2n) is 8.23. The molecule has 7 aromatic rings. The van der Waals surface area contributed by atoms with Crippen molar-refractivity contribution in [3.05, 3.63) is 115 Å². The third-order valence-electron chi connectivity index (χ3n) is 6.55. The summed E-state index contributed by atoms with van der Waals surface area (Å²) in [6, 6.07) is 41.7. The van der Waals surface area contributed by atoms with E-state index in [9.17, 15) is 0 Å². The highest BCUT2D eigenvalue weighted by Gasteiger charge is 2.17. The van der Waals surface area contributed by atoms with Gasteiger partial charge in [0.05, 0.1) is 16.6 Å². The molecule has 0 fully saturated rings. The predicted molar refractivity (Wildman–Crippen MR) is 132 cm³/mol. The van der Waals surface area contributed by atoms with Gasteiger partial charge in [0.25, 0.3) is 0 Å². The maximum atomic E-state index is 2.43. The third-order valence-corrected chi connectivity index (χ3v) is 6.55. The molecule has 7 rings (SSSR count). The smallest absolute Gasteiger partial charge is 0.0620 e. The zero-order valence-electron chi connectivity index (χ0n) is 16.9. The van der Waals surface area contributed by atoms with E-state index in [2.05, 4.69) is 120 Å². The van der Waals surface area contributed by atoms with Crippen LogP contribution in [0.4, 0.5) is 0 Å². The van der Waals surface area contributed by atoms with Gasteiger partial charge in [-0.15, -0.1) is 0 Å². The van der Waals surface area contributed by atoms with Gasteiger partial charge in [0.2, 0.25) is 0 Å². The van der Waals surface area contributed by atoms with Crippen LogP contribution in [0.5, 0.6) is 0 Å². The molecular formula is C30H19N. The Morgan fingerprint density at radius 2 is 0.903 bits per heavy atom. The van der Waals surface area contributed by atoms with Crippen molar-refractivity contribution >= 4 is 38.1 Å². The number of hydrogen-bond donors (Lipinski definition) is 0. The molecule has 0 atom stereocenters. The Morgan fingerprint density at radius 1 is 0.355 bits per heavy atom. The molecule has 31 heavy (non-hydrogen) atoms. The van der Waals surface area contributed by atoms with E-state index in [1.54, 1.807) is 0 Å². The molecule has 2 heterocycles. The highest BCUT2D eigenvalue weighted by Crippen LogP contribution is 2.40. The summed E-state index contributed by atoms with van der Waals surface area (Å²) in [4.78, 5) is 0. The Balaban J connectivity index is 1.44. The van der Waals surface area contributed by atoms with Gasteiger partial charge in [0, 0.05) is 21.5 Å². The van der Waals surface area contributed by atoms with Crippen LogP contribution in [0.15, 0.2) is 115 Å². The van der Waals surface area contributed by atoms with E-state index in [0.717, 1.165) is 0 Å². The summed E-state index contributed by atoms with van der Waals surface area (Å²) < 4.78 is 2.43. The van der Waals surface area contributed by atoms with Crippen LogP contribution in [0, 0.1) is 0 Å². The Hall–Kier alpha value is -4.10. The Bertz CT molecular complexity index is 1700. The zero-order valence-corrected chi connectivity index (χ0v) is 16.9. The molecule has 0 spiro atoms. The van der Waals surface area contributed by atoms with Crippen LogP contribution in [0.2, 0.25) is 0 Å². The molecule has 144 valence electrons. The van der Waals surface area contributed by atoms with Crippen LogP contribution >= 0.6 is 0 Å². The molecule has 0 radical (unpaired) electrons. The lowest BCUT2D eigenvalue weighted by Crippen LogP contribution is -1.82. The van der Waals surface area contributed by atoms with E-state index in [1.165, 1.54) is 60.3 Å². The van der Waals surface area contributed by atoms with Gasteiger partial charge in [-0.05, 0) is 40.5 Å². The van der Waals surface area contributed by atoms with Crippen LogP contribution in [0.3, 0.4) is 0 Å². The Labute approximate surface area is 180 Å². The maximum absolute atomic E-state index is 2.43. The predicted octanol–water partition coefficient (Wildman–Crippen LogP) is 8.17. The average Bonchev–Trinajstić information content (AvgIpc) is 3.36. The molecule has 0 saturated heterocycles. The zero-order chi connectivity index (χ0) is 20.4. The quantitative estimate of drug-likeness (QED) is 0.279. The van der Waals surface area contributed by atoms with Gasteiger partial charge in [-0.2, -0.15) is 0 Å². The Kier molecular flexibility index (Phi) is 3.33. The van der Waals surface area contributed by atoms with Crippen molar-refractivity contribution in [2.45, 2.75) is 0 Å². The molecular weight excluding hydrogens is 374 g/mol. The molecule has 5 aromatic carbocycles. The monoisotopic (exact) mass is 393 g/mol. The van der Waals surface area contributed by atoms with Crippen LogP contribution in [0.25, 0.3) is 60.3 Å². The molecule has 0 saturated carbocycles. The normalized spacial score (nSPS) is 11.9. The van der Waals surface area contributed by atoms with Crippen LogP contribution in [-0.4, -0.2) is 4.40 Å². The molecule has 1 nitrogen and oxygen atoms in total. The van der Waals surface area contributed by atoms with E-state index in [0.29, 0.717) is 0 Å². The molecule has 0 aliphatic heterocycles. The average molecular weight is 393 g/mol. The number of nitrogens with zero attached hydrogens (tertiary/aromatic N) is 1. The van der Waals surface area contributed by atoms with Crippen molar-refractivity contribution in [2.24, 2.45) is 0 Å². The molecule has 0 bridgehead atoms. The first kappa shape index (κ1) is 16.7. The highest BCUT2D eigenvalue weighted by atomic mass is 14.9. The van der Waals surface area contributed by atoms with E-state index < -0.39 is 0 Å². The second kappa shape index (κ2) is 6.20. The summed E-state index contributed by atoms with van der Waals surface area (Å²) in [5.74, 6) is 0. The standard InChI is InChI=1S/C30H19N/c1-2-7-20(8-3-1)21-13-15-22(16-14-21)23-17-18-29-27(19-23)26-11-6-10-25-24-9-4-5-12-28(24)31(29)30(25)26/h1-19H. The molecule has 0 N–H and O–H groups in total. The minimum atomic E-state index is 1.25. The van der Waals surface area contributed by atoms with E-state index in [4.69, 9.17) is 0 Å². The summed E-state index contributed by atoms with van der Waals surface area (Å²) in [6.45, 7) is 0. The van der Waals surface area contributed by atoms with Crippen molar-refractivity contribution in [2.75, 3.05) is 0 Å². The van der Waals surface area contributed by atoms with Gasteiger partial charge in [0.1, 0.15) is 0 Å². The molecule has 0 unspecified atom stereocenters. The molecule has 2 aromatic heterocycles. The Morgan fingerprint density at radius 3 is 1.71 bits per heavy atom. The summed E-state index contributed by atoms with van der Waals surface area (Å²) in [5, 5.41) is 5.30. The second-order valence-corrected chi connectivity index (χ2v) is 8.23. The van der Waals surface area contributed by atoms with Gasteiger partial charge >= 0.3 is 0 Å². The molecule has 0 aliphatic carbocycles. The largest absolute Gasteiger partial charge is 0.308 e.